The summed E-state index contributed by atoms with van der Waals surface area (Å²) in [5, 5.41) is 7.82. The Labute approximate surface area is 196 Å². The summed E-state index contributed by atoms with van der Waals surface area (Å²) in [4.78, 5) is 2.08. The monoisotopic (exact) mass is 433 g/mol. The molecule has 0 radical (unpaired) electrons. The lowest BCUT2D eigenvalue weighted by Gasteiger charge is -2.43. The second-order valence-corrected chi connectivity index (χ2v) is 10.2. The molecule has 1 unspecified atom stereocenters. The van der Waals surface area contributed by atoms with Crippen LogP contribution in [-0.4, -0.2) is 25.0 Å². The van der Waals surface area contributed by atoms with Gasteiger partial charge in [-0.25, -0.2) is 0 Å². The van der Waals surface area contributed by atoms with Crippen molar-refractivity contribution in [2.75, 3.05) is 19.4 Å². The summed E-state index contributed by atoms with van der Waals surface area (Å²) in [5.74, 6) is 0. The molecule has 0 aromatic heterocycles. The molecule has 3 nitrogen and oxygen atoms in total. The highest BCUT2D eigenvalue weighted by Gasteiger charge is 2.37. The first kappa shape index (κ1) is 24.2. The largest absolute Gasteiger partial charge is 0.380 e. The highest BCUT2D eigenvalue weighted by molar-refractivity contribution is 5.77. The van der Waals surface area contributed by atoms with E-state index in [2.05, 4.69) is 87.1 Å². The quantitative estimate of drug-likeness (QED) is 0.447. The Kier molecular flexibility index (Phi) is 7.59. The Morgan fingerprint density at radius 2 is 1.75 bits per heavy atom. The predicted octanol–water partition coefficient (Wildman–Crippen LogP) is 7.40. The smallest absolute Gasteiger partial charge is 0.0703 e. The molecule has 2 aliphatic carbocycles. The second-order valence-electron chi connectivity index (χ2n) is 10.2. The molecular weight excluding hydrogens is 390 g/mol. The minimum absolute atomic E-state index is 0.317. The molecule has 1 aromatic carbocycles. The molecular formula is C29H43N3. The summed E-state index contributed by atoms with van der Waals surface area (Å²) in [6.07, 6.45) is 12.0. The number of nitrogens with zero attached hydrogens (tertiary/aromatic N) is 1. The van der Waals surface area contributed by atoms with Gasteiger partial charge in [-0.15, -0.1) is 0 Å². The van der Waals surface area contributed by atoms with Gasteiger partial charge in [0, 0.05) is 48.2 Å². The van der Waals surface area contributed by atoms with Gasteiger partial charge in [0.15, 0.2) is 0 Å². The van der Waals surface area contributed by atoms with Crippen LogP contribution in [0.3, 0.4) is 0 Å². The van der Waals surface area contributed by atoms with Crippen molar-refractivity contribution in [2.45, 2.75) is 79.2 Å². The van der Waals surface area contributed by atoms with Crippen LogP contribution in [0.2, 0.25) is 0 Å². The standard InChI is InChI=1S/C29H43N3/c1-9-14-23-24(15-10-2)28(31-26-18-11-12-19-29(26,5)6)27(23)30-25-17-13-16-22(20(25)3)21(4)32(7)8/h13-17,26,30-31H,4,9-12,18-19H2,1-3,5-8H3/b23-14+,24-15+. The third-order valence-corrected chi connectivity index (χ3v) is 7.17. The van der Waals surface area contributed by atoms with Crippen LogP contribution in [0.4, 0.5) is 5.69 Å². The van der Waals surface area contributed by atoms with Crippen LogP contribution in [0, 0.1) is 12.3 Å². The molecule has 0 heterocycles. The van der Waals surface area contributed by atoms with Gasteiger partial charge in [0.2, 0.25) is 0 Å². The maximum absolute atomic E-state index is 4.28. The Morgan fingerprint density at radius 3 is 2.34 bits per heavy atom. The first-order chi connectivity index (χ1) is 15.2. The van der Waals surface area contributed by atoms with Gasteiger partial charge in [0.05, 0.1) is 11.4 Å². The highest BCUT2D eigenvalue weighted by atomic mass is 15.1. The normalized spacial score (nSPS) is 22.7. The van der Waals surface area contributed by atoms with Crippen LogP contribution in [0.15, 0.2) is 59.5 Å². The molecule has 0 amide bonds. The maximum Gasteiger partial charge on any atom is 0.0703 e. The van der Waals surface area contributed by atoms with Crippen molar-refractivity contribution >= 4 is 11.4 Å². The molecule has 1 fully saturated rings. The van der Waals surface area contributed by atoms with Crippen molar-refractivity contribution in [3.8, 4) is 0 Å². The third-order valence-electron chi connectivity index (χ3n) is 7.17. The van der Waals surface area contributed by atoms with E-state index >= 15 is 0 Å². The number of benzene rings is 1. The zero-order valence-electron chi connectivity index (χ0n) is 21.4. The van der Waals surface area contributed by atoms with Crippen LogP contribution in [0.1, 0.15) is 77.3 Å². The summed E-state index contributed by atoms with van der Waals surface area (Å²) < 4.78 is 0. The van der Waals surface area contributed by atoms with E-state index in [1.807, 2.05) is 14.1 Å². The fourth-order valence-electron chi connectivity index (χ4n) is 4.98. The van der Waals surface area contributed by atoms with Gasteiger partial charge < -0.3 is 15.5 Å². The molecule has 3 rings (SSSR count). The first-order valence-electron chi connectivity index (χ1n) is 12.4. The van der Waals surface area contributed by atoms with E-state index in [1.165, 1.54) is 59.4 Å². The first-order valence-corrected chi connectivity index (χ1v) is 12.4. The van der Waals surface area contributed by atoms with Crippen molar-refractivity contribution < 1.29 is 0 Å². The Morgan fingerprint density at radius 1 is 1.09 bits per heavy atom. The van der Waals surface area contributed by atoms with E-state index in [4.69, 9.17) is 0 Å². The predicted molar refractivity (Wildman–Crippen MR) is 140 cm³/mol. The summed E-state index contributed by atoms with van der Waals surface area (Å²) in [5.41, 5.74) is 10.2. The molecule has 3 heteroatoms. The number of rotatable bonds is 8. The van der Waals surface area contributed by atoms with Crippen molar-refractivity contribution in [1.82, 2.24) is 10.2 Å². The van der Waals surface area contributed by atoms with Crippen molar-refractivity contribution in [2.24, 2.45) is 5.41 Å². The maximum atomic E-state index is 4.28. The summed E-state index contributed by atoms with van der Waals surface area (Å²) >= 11 is 0. The van der Waals surface area contributed by atoms with Gasteiger partial charge >= 0.3 is 0 Å². The van der Waals surface area contributed by atoms with Gasteiger partial charge in [0.1, 0.15) is 0 Å². The minimum Gasteiger partial charge on any atom is -0.380 e. The molecule has 1 atom stereocenters. The third kappa shape index (κ3) is 4.82. The molecule has 32 heavy (non-hydrogen) atoms. The van der Waals surface area contributed by atoms with E-state index < -0.39 is 0 Å². The zero-order valence-corrected chi connectivity index (χ0v) is 21.4. The molecule has 0 bridgehead atoms. The summed E-state index contributed by atoms with van der Waals surface area (Å²) in [7, 11) is 4.10. The average Bonchev–Trinajstić information content (AvgIpc) is 2.75. The van der Waals surface area contributed by atoms with Crippen LogP contribution in [0.25, 0.3) is 5.70 Å². The average molecular weight is 434 g/mol. The molecule has 174 valence electrons. The van der Waals surface area contributed by atoms with E-state index in [0.717, 1.165) is 24.2 Å². The van der Waals surface area contributed by atoms with Crippen LogP contribution in [-0.2, 0) is 0 Å². The van der Waals surface area contributed by atoms with Crippen LogP contribution in [0.5, 0.6) is 0 Å². The van der Waals surface area contributed by atoms with Gasteiger partial charge in [-0.1, -0.05) is 71.4 Å². The number of allylic oxidation sites excluding steroid dienone is 4. The zero-order chi connectivity index (χ0) is 23.5. The van der Waals surface area contributed by atoms with Gasteiger partial charge in [-0.2, -0.15) is 0 Å². The van der Waals surface area contributed by atoms with Gasteiger partial charge in [-0.3, -0.25) is 0 Å². The lowest BCUT2D eigenvalue weighted by molar-refractivity contribution is 0.177. The molecule has 1 saturated carbocycles. The molecule has 0 aliphatic heterocycles. The lowest BCUT2D eigenvalue weighted by atomic mass is 9.72. The Hall–Kier alpha value is -2.42. The van der Waals surface area contributed by atoms with E-state index in [1.54, 1.807) is 0 Å². The summed E-state index contributed by atoms with van der Waals surface area (Å²) in [6.45, 7) is 15.8. The number of anilines is 1. The number of nitrogens with one attached hydrogen (secondary N) is 2. The molecule has 2 aliphatic rings. The van der Waals surface area contributed by atoms with E-state index in [9.17, 15) is 0 Å². The number of hydrogen-bond acceptors (Lipinski definition) is 3. The van der Waals surface area contributed by atoms with Crippen molar-refractivity contribution in [1.29, 1.82) is 0 Å². The van der Waals surface area contributed by atoms with E-state index in [-0.39, 0.29) is 0 Å². The van der Waals surface area contributed by atoms with Crippen LogP contribution >= 0.6 is 0 Å². The Bertz CT molecular complexity index is 943. The van der Waals surface area contributed by atoms with E-state index in [0.29, 0.717) is 11.5 Å². The number of hydrogen-bond donors (Lipinski definition) is 2. The topological polar surface area (TPSA) is 27.3 Å². The van der Waals surface area contributed by atoms with Crippen molar-refractivity contribution in [3.05, 3.63) is 70.6 Å². The molecule has 0 spiro atoms. The minimum atomic E-state index is 0.317. The molecule has 1 aromatic rings. The van der Waals surface area contributed by atoms with Crippen LogP contribution < -0.4 is 10.6 Å². The highest BCUT2D eigenvalue weighted by Crippen LogP contribution is 2.43. The Balaban J connectivity index is 2.01. The van der Waals surface area contributed by atoms with Gasteiger partial charge in [-0.05, 0) is 49.7 Å². The fraction of sp³-hybridized carbons (Fsp3) is 0.517. The van der Waals surface area contributed by atoms with Crippen molar-refractivity contribution in [3.63, 3.8) is 0 Å². The fourth-order valence-corrected chi connectivity index (χ4v) is 4.98. The molecule has 2 N–H and O–H groups in total. The summed E-state index contributed by atoms with van der Waals surface area (Å²) in [6, 6.07) is 6.98. The van der Waals surface area contributed by atoms with Gasteiger partial charge in [0.25, 0.3) is 0 Å². The SMILES string of the molecule is C=C(c1cccc(NC2=C(NC3CCCCC3(C)C)C(=C/CC)/C2=C\CC)c1C)N(C)C. The lowest BCUT2D eigenvalue weighted by Crippen LogP contribution is -2.46. The molecule has 0 saturated heterocycles. The second kappa shape index (κ2) is 10.0.